The largest absolute Gasteiger partial charge is 0.492 e. The first-order valence-electron chi connectivity index (χ1n) is 14.1. The molecule has 1 aliphatic rings. The summed E-state index contributed by atoms with van der Waals surface area (Å²) in [6.07, 6.45) is 0. The van der Waals surface area contributed by atoms with Crippen LogP contribution in [0, 0.1) is 0 Å². The normalized spacial score (nSPS) is 14.1. The number of nitrogens with zero attached hydrogens (tertiary/aromatic N) is 2. The number of anilines is 1. The van der Waals surface area contributed by atoms with Crippen molar-refractivity contribution >= 4 is 31.6 Å². The number of carbonyl (C=O) groups is 1. The van der Waals surface area contributed by atoms with E-state index in [0.29, 0.717) is 48.9 Å². The van der Waals surface area contributed by atoms with Gasteiger partial charge in [-0.15, -0.1) is 0 Å². The summed E-state index contributed by atoms with van der Waals surface area (Å²) in [7, 11) is -7.41. The van der Waals surface area contributed by atoms with Crippen molar-refractivity contribution in [2.75, 3.05) is 43.8 Å². The molecule has 12 heteroatoms. The van der Waals surface area contributed by atoms with Crippen molar-refractivity contribution in [3.05, 3.63) is 120 Å². The fourth-order valence-corrected chi connectivity index (χ4v) is 7.52. The molecular weight excluding hydrogens is 603 g/mol. The molecule has 1 saturated heterocycles. The number of nitrogens with one attached hydrogen (secondary N) is 1. The van der Waals surface area contributed by atoms with Gasteiger partial charge in [-0.25, -0.2) is 16.8 Å². The van der Waals surface area contributed by atoms with Gasteiger partial charge < -0.3 is 14.8 Å². The molecule has 10 nitrogen and oxygen atoms in total. The molecule has 230 valence electrons. The minimum Gasteiger partial charge on any atom is -0.492 e. The van der Waals surface area contributed by atoms with Crippen molar-refractivity contribution in [1.29, 1.82) is 0 Å². The highest BCUT2D eigenvalue weighted by atomic mass is 32.2. The summed E-state index contributed by atoms with van der Waals surface area (Å²) in [5, 5.41) is 2.80. The maximum absolute atomic E-state index is 13.5. The van der Waals surface area contributed by atoms with Gasteiger partial charge in [0.05, 0.1) is 41.8 Å². The first-order valence-corrected chi connectivity index (χ1v) is 16.9. The lowest BCUT2D eigenvalue weighted by atomic mass is 10.1. The Balaban J connectivity index is 1.15. The molecule has 0 saturated carbocycles. The van der Waals surface area contributed by atoms with Crippen LogP contribution in [0.15, 0.2) is 119 Å². The first-order chi connectivity index (χ1) is 21.2. The molecule has 0 aromatic heterocycles. The Hall–Kier alpha value is -4.23. The highest BCUT2D eigenvalue weighted by molar-refractivity contribution is 7.92. The van der Waals surface area contributed by atoms with Crippen LogP contribution in [0.5, 0.6) is 5.75 Å². The van der Waals surface area contributed by atoms with Crippen molar-refractivity contribution in [2.45, 2.75) is 16.3 Å². The number of rotatable bonds is 12. The molecule has 1 aliphatic heterocycles. The Morgan fingerprint density at radius 1 is 0.773 bits per heavy atom. The molecule has 4 aromatic carbocycles. The van der Waals surface area contributed by atoms with Crippen LogP contribution in [0.3, 0.4) is 0 Å². The zero-order valence-corrected chi connectivity index (χ0v) is 25.5. The molecule has 44 heavy (non-hydrogen) atoms. The summed E-state index contributed by atoms with van der Waals surface area (Å²) < 4.78 is 66.2. The number of morpholine rings is 1. The number of sulfonamides is 2. The second-order valence-corrected chi connectivity index (χ2v) is 13.7. The van der Waals surface area contributed by atoms with Crippen LogP contribution < -0.4 is 14.4 Å². The zero-order valence-electron chi connectivity index (χ0n) is 23.9. The molecule has 0 aliphatic carbocycles. The number of amides is 1. The Kier molecular flexibility index (Phi) is 9.95. The smallest absolute Gasteiger partial charge is 0.264 e. The molecule has 0 atom stereocenters. The number of hydrogen-bond donors (Lipinski definition) is 1. The van der Waals surface area contributed by atoms with Crippen molar-refractivity contribution in [2.24, 2.45) is 0 Å². The van der Waals surface area contributed by atoms with E-state index >= 15 is 0 Å². The summed E-state index contributed by atoms with van der Waals surface area (Å²) in [5.74, 6) is 0.182. The van der Waals surface area contributed by atoms with Crippen LogP contribution in [0.25, 0.3) is 0 Å². The fraction of sp³-hybridized carbons (Fsp3) is 0.219. The summed E-state index contributed by atoms with van der Waals surface area (Å²) in [5.41, 5.74) is 1.67. The zero-order chi connectivity index (χ0) is 31.0. The lowest BCUT2D eigenvalue weighted by molar-refractivity contribution is 0.0730. The molecule has 0 bridgehead atoms. The van der Waals surface area contributed by atoms with E-state index in [0.717, 1.165) is 0 Å². The van der Waals surface area contributed by atoms with Crippen LogP contribution in [0.1, 0.15) is 15.9 Å². The van der Waals surface area contributed by atoms with Gasteiger partial charge in [0.1, 0.15) is 12.4 Å². The molecule has 1 heterocycles. The van der Waals surface area contributed by atoms with Crippen molar-refractivity contribution < 1.29 is 31.1 Å². The molecule has 0 radical (unpaired) electrons. The molecule has 1 amide bonds. The lowest BCUT2D eigenvalue weighted by Crippen LogP contribution is -2.40. The average Bonchev–Trinajstić information content (AvgIpc) is 3.07. The van der Waals surface area contributed by atoms with Gasteiger partial charge in [0.25, 0.3) is 15.9 Å². The second-order valence-electron chi connectivity index (χ2n) is 9.95. The molecule has 1 fully saturated rings. The Morgan fingerprint density at radius 2 is 1.39 bits per heavy atom. The van der Waals surface area contributed by atoms with E-state index in [-0.39, 0.29) is 35.4 Å². The monoisotopic (exact) mass is 635 g/mol. The minimum absolute atomic E-state index is 0.0868. The van der Waals surface area contributed by atoms with Gasteiger partial charge in [0.15, 0.2) is 0 Å². The van der Waals surface area contributed by atoms with E-state index in [1.54, 1.807) is 91.0 Å². The van der Waals surface area contributed by atoms with Crippen LogP contribution in [0.2, 0.25) is 0 Å². The third kappa shape index (κ3) is 7.45. The van der Waals surface area contributed by atoms with Crippen LogP contribution in [0.4, 0.5) is 5.69 Å². The predicted molar refractivity (Wildman–Crippen MR) is 167 cm³/mol. The lowest BCUT2D eigenvalue weighted by Gasteiger charge is -2.26. The van der Waals surface area contributed by atoms with Crippen molar-refractivity contribution in [1.82, 2.24) is 9.62 Å². The van der Waals surface area contributed by atoms with Gasteiger partial charge >= 0.3 is 0 Å². The SMILES string of the molecule is O=C(NCCOc1ccc(S(=O)(=O)N2CCOCC2)cc1)c1ccc(CN(c2ccccc2)S(=O)(=O)c2ccccc2)cc1. The third-order valence-electron chi connectivity index (χ3n) is 7.01. The van der Waals surface area contributed by atoms with E-state index in [9.17, 15) is 21.6 Å². The maximum atomic E-state index is 13.5. The molecule has 1 N–H and O–H groups in total. The van der Waals surface area contributed by atoms with Crippen LogP contribution >= 0.6 is 0 Å². The van der Waals surface area contributed by atoms with Crippen molar-refractivity contribution in [3.8, 4) is 5.75 Å². The summed E-state index contributed by atoms with van der Waals surface area (Å²) in [4.78, 5) is 13.1. The number of ether oxygens (including phenoxy) is 2. The second kappa shape index (κ2) is 14.0. The van der Waals surface area contributed by atoms with Crippen LogP contribution in [-0.2, 0) is 31.3 Å². The van der Waals surface area contributed by atoms with E-state index in [1.165, 1.54) is 20.7 Å². The average molecular weight is 636 g/mol. The molecule has 4 aromatic rings. The van der Waals surface area contributed by atoms with E-state index < -0.39 is 20.0 Å². The fourth-order valence-electron chi connectivity index (χ4n) is 4.64. The highest BCUT2D eigenvalue weighted by Gasteiger charge is 2.27. The minimum atomic E-state index is -3.83. The quantitative estimate of drug-likeness (QED) is 0.234. The Labute approximate surface area is 257 Å². The van der Waals surface area contributed by atoms with Gasteiger partial charge in [-0.3, -0.25) is 9.10 Å². The number of para-hydroxylation sites is 1. The van der Waals surface area contributed by atoms with Gasteiger partial charge in [-0.05, 0) is 66.2 Å². The van der Waals surface area contributed by atoms with Crippen LogP contribution in [-0.4, -0.2) is 66.5 Å². The van der Waals surface area contributed by atoms with Gasteiger partial charge in [0.2, 0.25) is 10.0 Å². The van der Waals surface area contributed by atoms with Gasteiger partial charge in [-0.1, -0.05) is 48.5 Å². The van der Waals surface area contributed by atoms with Gasteiger partial charge in [0, 0.05) is 18.7 Å². The van der Waals surface area contributed by atoms with E-state index in [2.05, 4.69) is 5.32 Å². The summed E-state index contributed by atoms with van der Waals surface area (Å²) in [6, 6.07) is 30.1. The Morgan fingerprint density at radius 3 is 2.02 bits per heavy atom. The first kappa shape index (κ1) is 31.2. The highest BCUT2D eigenvalue weighted by Crippen LogP contribution is 2.26. The topological polar surface area (TPSA) is 122 Å². The Bertz CT molecular complexity index is 1740. The van der Waals surface area contributed by atoms with Gasteiger partial charge in [-0.2, -0.15) is 4.31 Å². The standard InChI is InChI=1S/C32H33N3O7S2/c36-32(33-19-22-42-29-15-17-31(18-16-29)43(37,38)34-20-23-41-24-21-34)27-13-11-26(12-14-27)25-35(28-7-3-1-4-8-28)44(39,40)30-9-5-2-6-10-30/h1-18H,19-25H2,(H,33,36). The molecule has 5 rings (SSSR count). The molecule has 0 spiro atoms. The van der Waals surface area contributed by atoms with Crippen molar-refractivity contribution in [3.63, 3.8) is 0 Å². The number of carbonyl (C=O) groups excluding carboxylic acids is 1. The van der Waals surface area contributed by atoms with E-state index in [4.69, 9.17) is 9.47 Å². The number of benzene rings is 4. The molecular formula is C32H33N3O7S2. The maximum Gasteiger partial charge on any atom is 0.264 e. The van der Waals surface area contributed by atoms with E-state index in [1.807, 2.05) is 6.07 Å². The molecule has 0 unspecified atom stereocenters. The predicted octanol–water partition coefficient (Wildman–Crippen LogP) is 3.91. The summed E-state index contributed by atoms with van der Waals surface area (Å²) >= 11 is 0. The number of hydrogen-bond acceptors (Lipinski definition) is 7. The summed E-state index contributed by atoms with van der Waals surface area (Å²) in [6.45, 7) is 1.90. The third-order valence-corrected chi connectivity index (χ3v) is 10.7.